The van der Waals surface area contributed by atoms with E-state index >= 15 is 0 Å². The minimum Gasteiger partial charge on any atom is -0.307 e. The van der Waals surface area contributed by atoms with E-state index in [4.69, 9.17) is 0 Å². The van der Waals surface area contributed by atoms with E-state index in [1.165, 1.54) is 25.0 Å². The highest BCUT2D eigenvalue weighted by atomic mass is 15.3. The Morgan fingerprint density at radius 1 is 1.33 bits per heavy atom. The molecule has 12 heavy (non-hydrogen) atoms. The lowest BCUT2D eigenvalue weighted by Crippen LogP contribution is -2.21. The molecule has 0 aliphatic heterocycles. The van der Waals surface area contributed by atoms with Gasteiger partial charge >= 0.3 is 0 Å². The Hall–Kier alpha value is -0.530. The SMILES string of the molecule is CCCC(C)=NNC(C)CCC. The maximum Gasteiger partial charge on any atom is 0.0411 e. The van der Waals surface area contributed by atoms with Gasteiger partial charge in [-0.25, -0.2) is 0 Å². The topological polar surface area (TPSA) is 24.4 Å². The molecule has 2 nitrogen and oxygen atoms in total. The monoisotopic (exact) mass is 170 g/mol. The minimum absolute atomic E-state index is 0.516. The fourth-order valence-electron chi connectivity index (χ4n) is 1.14. The van der Waals surface area contributed by atoms with Crippen LogP contribution in [0, 0.1) is 0 Å². The highest BCUT2D eigenvalue weighted by molar-refractivity contribution is 5.81. The first-order valence-corrected chi connectivity index (χ1v) is 4.99. The fourth-order valence-corrected chi connectivity index (χ4v) is 1.14. The summed E-state index contributed by atoms with van der Waals surface area (Å²) in [6.45, 7) is 8.62. The Kier molecular flexibility index (Phi) is 6.82. The van der Waals surface area contributed by atoms with Crippen LogP contribution in [-0.4, -0.2) is 11.8 Å². The molecule has 0 aromatic heterocycles. The van der Waals surface area contributed by atoms with Crippen molar-refractivity contribution < 1.29 is 0 Å². The Bertz CT molecular complexity index is 130. The van der Waals surface area contributed by atoms with Crippen molar-refractivity contribution in [3.8, 4) is 0 Å². The largest absolute Gasteiger partial charge is 0.307 e. The maximum absolute atomic E-state index is 4.30. The van der Waals surface area contributed by atoms with Crippen molar-refractivity contribution in [2.24, 2.45) is 5.10 Å². The molecule has 1 unspecified atom stereocenters. The third kappa shape index (κ3) is 6.20. The summed E-state index contributed by atoms with van der Waals surface area (Å²) < 4.78 is 0. The summed E-state index contributed by atoms with van der Waals surface area (Å²) in [4.78, 5) is 0. The van der Waals surface area contributed by atoms with Crippen molar-refractivity contribution in [2.45, 2.75) is 59.4 Å². The summed E-state index contributed by atoms with van der Waals surface area (Å²) in [5, 5.41) is 4.30. The van der Waals surface area contributed by atoms with Gasteiger partial charge in [-0.05, 0) is 26.7 Å². The highest BCUT2D eigenvalue weighted by Crippen LogP contribution is 1.95. The molecule has 0 aromatic rings. The van der Waals surface area contributed by atoms with E-state index in [9.17, 15) is 0 Å². The van der Waals surface area contributed by atoms with E-state index in [0.29, 0.717) is 6.04 Å². The van der Waals surface area contributed by atoms with Gasteiger partial charge in [0.15, 0.2) is 0 Å². The predicted molar refractivity (Wildman–Crippen MR) is 55.5 cm³/mol. The lowest BCUT2D eigenvalue weighted by Gasteiger charge is -2.09. The van der Waals surface area contributed by atoms with Gasteiger partial charge in [0, 0.05) is 11.8 Å². The van der Waals surface area contributed by atoms with Crippen LogP contribution >= 0.6 is 0 Å². The van der Waals surface area contributed by atoms with E-state index < -0.39 is 0 Å². The Balaban J connectivity index is 3.55. The third-order valence-corrected chi connectivity index (χ3v) is 1.81. The van der Waals surface area contributed by atoms with Gasteiger partial charge in [-0.3, -0.25) is 0 Å². The van der Waals surface area contributed by atoms with Gasteiger partial charge in [-0.2, -0.15) is 5.10 Å². The second-order valence-corrected chi connectivity index (χ2v) is 3.42. The molecule has 0 saturated heterocycles. The molecule has 0 radical (unpaired) electrons. The van der Waals surface area contributed by atoms with Crippen molar-refractivity contribution in [2.75, 3.05) is 0 Å². The standard InChI is InChI=1S/C10H22N2/c1-5-7-9(3)11-12-10(4)8-6-2/h9,11H,5-8H2,1-4H3. The van der Waals surface area contributed by atoms with Crippen LogP contribution < -0.4 is 5.43 Å². The zero-order valence-corrected chi connectivity index (χ0v) is 8.85. The molecule has 1 N–H and O–H groups in total. The number of nitrogens with one attached hydrogen (secondary N) is 1. The number of hydrazone groups is 1. The van der Waals surface area contributed by atoms with Gasteiger partial charge in [0.05, 0.1) is 0 Å². The van der Waals surface area contributed by atoms with E-state index in [1.54, 1.807) is 0 Å². The Morgan fingerprint density at radius 2 is 2.00 bits per heavy atom. The molecule has 72 valence electrons. The van der Waals surface area contributed by atoms with Gasteiger partial charge in [-0.15, -0.1) is 0 Å². The average molecular weight is 170 g/mol. The molecule has 0 bridgehead atoms. The predicted octanol–water partition coefficient (Wildman–Crippen LogP) is 2.94. The summed E-state index contributed by atoms with van der Waals surface area (Å²) in [6, 6.07) is 0.516. The second-order valence-electron chi connectivity index (χ2n) is 3.42. The third-order valence-electron chi connectivity index (χ3n) is 1.81. The summed E-state index contributed by atoms with van der Waals surface area (Å²) in [7, 11) is 0. The first-order valence-electron chi connectivity index (χ1n) is 4.99. The van der Waals surface area contributed by atoms with Crippen LogP contribution in [0.1, 0.15) is 53.4 Å². The molecule has 0 aliphatic rings. The van der Waals surface area contributed by atoms with Crippen LogP contribution in [-0.2, 0) is 0 Å². The van der Waals surface area contributed by atoms with Crippen LogP contribution in [0.5, 0.6) is 0 Å². The number of rotatable bonds is 6. The highest BCUT2D eigenvalue weighted by Gasteiger charge is 1.96. The molecule has 1 atom stereocenters. The smallest absolute Gasteiger partial charge is 0.0411 e. The minimum atomic E-state index is 0.516. The van der Waals surface area contributed by atoms with Crippen LogP contribution in [0.25, 0.3) is 0 Å². The van der Waals surface area contributed by atoms with Crippen LogP contribution in [0.15, 0.2) is 5.10 Å². The number of hydrogen-bond donors (Lipinski definition) is 1. The fraction of sp³-hybridized carbons (Fsp3) is 0.900. The van der Waals surface area contributed by atoms with Crippen molar-refractivity contribution in [3.05, 3.63) is 0 Å². The van der Waals surface area contributed by atoms with Crippen molar-refractivity contribution >= 4 is 5.71 Å². The molecule has 0 spiro atoms. The molecule has 0 fully saturated rings. The first-order chi connectivity index (χ1) is 5.70. The molecule has 0 aliphatic carbocycles. The normalized spacial score (nSPS) is 14.5. The lowest BCUT2D eigenvalue weighted by molar-refractivity contribution is 0.526. The zero-order chi connectivity index (χ0) is 9.40. The molecule has 0 saturated carbocycles. The number of hydrogen-bond acceptors (Lipinski definition) is 2. The van der Waals surface area contributed by atoms with Crippen molar-refractivity contribution in [1.29, 1.82) is 0 Å². The number of nitrogens with zero attached hydrogens (tertiary/aromatic N) is 1. The molecular formula is C10H22N2. The van der Waals surface area contributed by atoms with Crippen molar-refractivity contribution in [3.63, 3.8) is 0 Å². The van der Waals surface area contributed by atoms with E-state index in [2.05, 4.69) is 38.2 Å². The summed E-state index contributed by atoms with van der Waals surface area (Å²) >= 11 is 0. The molecule has 0 aromatic carbocycles. The van der Waals surface area contributed by atoms with Gasteiger partial charge in [-0.1, -0.05) is 26.7 Å². The summed E-state index contributed by atoms with van der Waals surface area (Å²) in [5.41, 5.74) is 4.36. The molecular weight excluding hydrogens is 148 g/mol. The van der Waals surface area contributed by atoms with Gasteiger partial charge < -0.3 is 5.43 Å². The molecule has 0 rings (SSSR count). The zero-order valence-electron chi connectivity index (χ0n) is 8.85. The van der Waals surface area contributed by atoms with Gasteiger partial charge in [0.1, 0.15) is 0 Å². The van der Waals surface area contributed by atoms with Gasteiger partial charge in [0.25, 0.3) is 0 Å². The van der Waals surface area contributed by atoms with E-state index in [0.717, 1.165) is 6.42 Å². The second kappa shape index (κ2) is 7.14. The van der Waals surface area contributed by atoms with E-state index in [1.807, 2.05) is 0 Å². The molecule has 0 heterocycles. The Labute approximate surface area is 76.4 Å². The average Bonchev–Trinajstić information content (AvgIpc) is 2.02. The first kappa shape index (κ1) is 11.5. The molecule has 2 heteroatoms. The van der Waals surface area contributed by atoms with Crippen LogP contribution in [0.4, 0.5) is 0 Å². The van der Waals surface area contributed by atoms with Crippen LogP contribution in [0.3, 0.4) is 0 Å². The quantitative estimate of drug-likeness (QED) is 0.481. The maximum atomic E-state index is 4.30. The summed E-state index contributed by atoms with van der Waals surface area (Å²) in [6.07, 6.45) is 4.70. The van der Waals surface area contributed by atoms with Crippen molar-refractivity contribution in [1.82, 2.24) is 5.43 Å². The van der Waals surface area contributed by atoms with Crippen LogP contribution in [0.2, 0.25) is 0 Å². The Morgan fingerprint density at radius 3 is 2.50 bits per heavy atom. The van der Waals surface area contributed by atoms with E-state index in [-0.39, 0.29) is 0 Å². The summed E-state index contributed by atoms with van der Waals surface area (Å²) in [5.74, 6) is 0. The van der Waals surface area contributed by atoms with Gasteiger partial charge in [0.2, 0.25) is 0 Å². The molecule has 0 amide bonds. The lowest BCUT2D eigenvalue weighted by atomic mass is 10.2.